The highest BCUT2D eigenvalue weighted by Crippen LogP contribution is 2.21. The summed E-state index contributed by atoms with van der Waals surface area (Å²) >= 11 is 0. The Morgan fingerprint density at radius 1 is 0.950 bits per heavy atom. The molecule has 2 nitrogen and oxygen atoms in total. The molecule has 3 rings (SSSR count). The van der Waals surface area contributed by atoms with Crippen molar-refractivity contribution < 1.29 is 0 Å². The molecule has 1 heterocycles. The second-order valence-corrected chi connectivity index (χ2v) is 5.44. The van der Waals surface area contributed by atoms with E-state index in [1.165, 1.54) is 22.0 Å². The van der Waals surface area contributed by atoms with Crippen molar-refractivity contribution in [1.82, 2.24) is 4.57 Å². The van der Waals surface area contributed by atoms with E-state index in [9.17, 15) is 0 Å². The van der Waals surface area contributed by atoms with E-state index in [0.717, 1.165) is 12.8 Å². The van der Waals surface area contributed by atoms with Crippen LogP contribution in [0, 0.1) is 0 Å². The van der Waals surface area contributed by atoms with Crippen molar-refractivity contribution in [2.24, 2.45) is 12.8 Å². The maximum atomic E-state index is 6.33. The average molecular weight is 264 g/mol. The minimum absolute atomic E-state index is 0.156. The molecule has 2 heteroatoms. The van der Waals surface area contributed by atoms with Gasteiger partial charge in [0.25, 0.3) is 0 Å². The Morgan fingerprint density at radius 3 is 2.45 bits per heavy atom. The van der Waals surface area contributed by atoms with Gasteiger partial charge < -0.3 is 10.3 Å². The van der Waals surface area contributed by atoms with Gasteiger partial charge in [0, 0.05) is 30.2 Å². The van der Waals surface area contributed by atoms with E-state index in [4.69, 9.17) is 5.73 Å². The normalized spacial score (nSPS) is 12.7. The van der Waals surface area contributed by atoms with Gasteiger partial charge in [0.1, 0.15) is 0 Å². The molecule has 0 saturated heterocycles. The molecule has 0 radical (unpaired) electrons. The second-order valence-electron chi connectivity index (χ2n) is 5.44. The Kier molecular flexibility index (Phi) is 3.57. The molecule has 1 atom stereocenters. The molecular weight excluding hydrogens is 244 g/mol. The first kappa shape index (κ1) is 12.9. The van der Waals surface area contributed by atoms with Crippen LogP contribution in [0.15, 0.2) is 60.8 Å². The third-order valence-corrected chi connectivity index (χ3v) is 3.80. The molecule has 0 aliphatic rings. The van der Waals surface area contributed by atoms with Crippen LogP contribution >= 0.6 is 0 Å². The van der Waals surface area contributed by atoms with E-state index in [-0.39, 0.29) is 6.04 Å². The Morgan fingerprint density at radius 2 is 1.65 bits per heavy atom. The number of para-hydroxylation sites is 1. The summed E-state index contributed by atoms with van der Waals surface area (Å²) in [4.78, 5) is 0. The first-order chi connectivity index (χ1) is 9.74. The predicted molar refractivity (Wildman–Crippen MR) is 84.7 cm³/mol. The molecule has 0 saturated carbocycles. The zero-order valence-corrected chi connectivity index (χ0v) is 11.8. The van der Waals surface area contributed by atoms with Crippen LogP contribution in [0.2, 0.25) is 0 Å². The summed E-state index contributed by atoms with van der Waals surface area (Å²) in [5, 5.41) is 1.32. The van der Waals surface area contributed by atoms with E-state index in [1.54, 1.807) is 0 Å². The van der Waals surface area contributed by atoms with Crippen LogP contribution < -0.4 is 5.73 Å². The van der Waals surface area contributed by atoms with Gasteiger partial charge in [-0.25, -0.2) is 0 Å². The number of hydrogen-bond acceptors (Lipinski definition) is 1. The lowest BCUT2D eigenvalue weighted by Crippen LogP contribution is -2.25. The van der Waals surface area contributed by atoms with Crippen LogP contribution in [0.3, 0.4) is 0 Å². The lowest BCUT2D eigenvalue weighted by Gasteiger charge is -2.11. The molecule has 0 bridgehead atoms. The molecule has 1 aromatic heterocycles. The van der Waals surface area contributed by atoms with E-state index in [2.05, 4.69) is 66.3 Å². The lowest BCUT2D eigenvalue weighted by molar-refractivity contribution is 0.666. The summed E-state index contributed by atoms with van der Waals surface area (Å²) in [5.74, 6) is 0. The van der Waals surface area contributed by atoms with E-state index in [1.807, 2.05) is 6.07 Å². The highest BCUT2D eigenvalue weighted by Gasteiger charge is 2.10. The van der Waals surface area contributed by atoms with Gasteiger partial charge in [-0.2, -0.15) is 0 Å². The molecule has 1 unspecified atom stereocenters. The molecular formula is C18H20N2. The van der Waals surface area contributed by atoms with Crippen molar-refractivity contribution in [3.8, 4) is 0 Å². The van der Waals surface area contributed by atoms with Crippen LogP contribution in [0.4, 0.5) is 0 Å². The molecule has 0 amide bonds. The molecule has 20 heavy (non-hydrogen) atoms. The third-order valence-electron chi connectivity index (χ3n) is 3.80. The zero-order chi connectivity index (χ0) is 13.9. The summed E-state index contributed by atoms with van der Waals surface area (Å²) in [6.45, 7) is 0. The fraction of sp³-hybridized carbons (Fsp3) is 0.222. The Bertz CT molecular complexity index is 698. The highest BCUT2D eigenvalue weighted by atomic mass is 14.9. The minimum atomic E-state index is 0.156. The quantitative estimate of drug-likeness (QED) is 0.770. The predicted octanol–water partition coefficient (Wildman–Crippen LogP) is 3.29. The molecule has 0 aliphatic carbocycles. The molecule has 2 N–H and O–H groups in total. The van der Waals surface area contributed by atoms with Crippen LogP contribution in [0.5, 0.6) is 0 Å². The van der Waals surface area contributed by atoms with Gasteiger partial charge in [-0.15, -0.1) is 0 Å². The van der Waals surface area contributed by atoms with Crippen molar-refractivity contribution in [3.63, 3.8) is 0 Å². The fourth-order valence-corrected chi connectivity index (χ4v) is 2.86. The molecule has 0 spiro atoms. The van der Waals surface area contributed by atoms with Gasteiger partial charge in [-0.3, -0.25) is 0 Å². The smallest absolute Gasteiger partial charge is 0.0480 e. The first-order valence-electron chi connectivity index (χ1n) is 7.06. The zero-order valence-electron chi connectivity index (χ0n) is 11.8. The summed E-state index contributed by atoms with van der Waals surface area (Å²) < 4.78 is 2.18. The average Bonchev–Trinajstić information content (AvgIpc) is 2.77. The summed E-state index contributed by atoms with van der Waals surface area (Å²) in [7, 11) is 2.09. The van der Waals surface area contributed by atoms with Crippen molar-refractivity contribution in [2.75, 3.05) is 0 Å². The lowest BCUT2D eigenvalue weighted by atomic mass is 9.99. The molecule has 102 valence electrons. The number of aromatic nitrogens is 1. The van der Waals surface area contributed by atoms with Crippen molar-refractivity contribution in [3.05, 3.63) is 71.9 Å². The number of nitrogens with zero attached hydrogens (tertiary/aromatic N) is 1. The Hall–Kier alpha value is -2.06. The standard InChI is InChI=1S/C18H20N2/c1-20-13-15(17-9-5-6-10-18(17)20)12-16(19)11-14-7-3-2-4-8-14/h2-10,13,16H,11-12,19H2,1H3. The van der Waals surface area contributed by atoms with E-state index < -0.39 is 0 Å². The molecule has 0 fully saturated rings. The van der Waals surface area contributed by atoms with Gasteiger partial charge in [-0.1, -0.05) is 48.5 Å². The van der Waals surface area contributed by atoms with Crippen LogP contribution in [0.25, 0.3) is 10.9 Å². The number of aryl methyl sites for hydroxylation is 1. The van der Waals surface area contributed by atoms with Crippen molar-refractivity contribution in [1.29, 1.82) is 0 Å². The fourth-order valence-electron chi connectivity index (χ4n) is 2.86. The molecule has 2 aromatic carbocycles. The highest BCUT2D eigenvalue weighted by molar-refractivity contribution is 5.83. The van der Waals surface area contributed by atoms with Gasteiger partial charge in [0.2, 0.25) is 0 Å². The van der Waals surface area contributed by atoms with Crippen LogP contribution in [-0.2, 0) is 19.9 Å². The van der Waals surface area contributed by atoms with Gasteiger partial charge in [-0.05, 0) is 30.0 Å². The maximum Gasteiger partial charge on any atom is 0.0480 e. The van der Waals surface area contributed by atoms with Gasteiger partial charge in [0.05, 0.1) is 0 Å². The molecule has 0 aliphatic heterocycles. The van der Waals surface area contributed by atoms with Gasteiger partial charge >= 0.3 is 0 Å². The topological polar surface area (TPSA) is 30.9 Å². The summed E-state index contributed by atoms with van der Waals surface area (Å²) in [6, 6.07) is 19.1. The van der Waals surface area contributed by atoms with Crippen LogP contribution in [-0.4, -0.2) is 10.6 Å². The van der Waals surface area contributed by atoms with E-state index >= 15 is 0 Å². The van der Waals surface area contributed by atoms with Gasteiger partial charge in [0.15, 0.2) is 0 Å². The van der Waals surface area contributed by atoms with Crippen LogP contribution in [0.1, 0.15) is 11.1 Å². The SMILES string of the molecule is Cn1cc(CC(N)Cc2ccccc2)c2ccccc21. The van der Waals surface area contributed by atoms with Crippen molar-refractivity contribution >= 4 is 10.9 Å². The first-order valence-corrected chi connectivity index (χ1v) is 7.06. The largest absolute Gasteiger partial charge is 0.350 e. The maximum absolute atomic E-state index is 6.33. The number of benzene rings is 2. The Labute approximate surface area is 119 Å². The summed E-state index contributed by atoms with van der Waals surface area (Å²) in [6.07, 6.45) is 4.04. The van der Waals surface area contributed by atoms with Crippen molar-refractivity contribution in [2.45, 2.75) is 18.9 Å². The molecule has 3 aromatic rings. The third kappa shape index (κ3) is 2.61. The second kappa shape index (κ2) is 5.51. The Balaban J connectivity index is 1.79. The number of fused-ring (bicyclic) bond motifs is 1. The minimum Gasteiger partial charge on any atom is -0.350 e. The summed E-state index contributed by atoms with van der Waals surface area (Å²) in [5.41, 5.74) is 10.2. The monoisotopic (exact) mass is 264 g/mol. The number of rotatable bonds is 4. The number of nitrogens with two attached hydrogens (primary N) is 1. The number of hydrogen-bond donors (Lipinski definition) is 1. The van der Waals surface area contributed by atoms with E-state index in [0.29, 0.717) is 0 Å².